The maximum atomic E-state index is 11.1. The Morgan fingerprint density at radius 3 is 2.87 bits per heavy atom. The number of rotatable bonds is 4. The van der Waals surface area contributed by atoms with Gasteiger partial charge in [-0.05, 0) is 31.5 Å². The van der Waals surface area contributed by atoms with Crippen molar-refractivity contribution in [1.82, 2.24) is 9.88 Å². The third-order valence-electron chi connectivity index (χ3n) is 4.08. The van der Waals surface area contributed by atoms with Crippen molar-refractivity contribution in [2.24, 2.45) is 0 Å². The highest BCUT2D eigenvalue weighted by atomic mass is 32.1. The zero-order chi connectivity index (χ0) is 16.6. The van der Waals surface area contributed by atoms with E-state index < -0.39 is 5.97 Å². The van der Waals surface area contributed by atoms with Gasteiger partial charge in [-0.2, -0.15) is 0 Å². The zero-order valence-electron chi connectivity index (χ0n) is 13.7. The number of hydrogen-bond acceptors (Lipinski definition) is 5. The summed E-state index contributed by atoms with van der Waals surface area (Å²) in [6, 6.07) is 3.92. The van der Waals surface area contributed by atoms with Crippen molar-refractivity contribution in [1.29, 1.82) is 0 Å². The van der Waals surface area contributed by atoms with E-state index in [1.54, 1.807) is 6.07 Å². The molecular weight excluding hydrogens is 312 g/mol. The molecule has 124 valence electrons. The Hall–Kier alpha value is -1.66. The van der Waals surface area contributed by atoms with E-state index in [-0.39, 0.29) is 11.5 Å². The van der Waals surface area contributed by atoms with Crippen molar-refractivity contribution in [2.45, 2.75) is 51.6 Å². The number of hydrogen-bond donors (Lipinski definition) is 1. The monoisotopic (exact) mass is 334 g/mol. The highest BCUT2D eigenvalue weighted by Crippen LogP contribution is 2.37. The summed E-state index contributed by atoms with van der Waals surface area (Å²) < 4.78 is 5.89. The molecule has 3 heterocycles. The van der Waals surface area contributed by atoms with Crippen LogP contribution < -0.4 is 0 Å². The smallest absolute Gasteiger partial charge is 0.345 e. The maximum absolute atomic E-state index is 11.1. The number of oxazole rings is 1. The number of thiophene rings is 1. The first-order valence-corrected chi connectivity index (χ1v) is 8.68. The van der Waals surface area contributed by atoms with E-state index in [9.17, 15) is 4.79 Å². The molecule has 0 amide bonds. The van der Waals surface area contributed by atoms with Gasteiger partial charge >= 0.3 is 5.97 Å². The lowest BCUT2D eigenvalue weighted by Gasteiger charge is -2.22. The van der Waals surface area contributed by atoms with Crippen LogP contribution in [0, 0.1) is 0 Å². The van der Waals surface area contributed by atoms with Crippen LogP contribution in [0.3, 0.4) is 0 Å². The Kier molecular flexibility index (Phi) is 4.29. The largest absolute Gasteiger partial charge is 0.477 e. The normalized spacial score (nSPS) is 19.3. The molecule has 2 aromatic heterocycles. The van der Waals surface area contributed by atoms with E-state index in [1.165, 1.54) is 11.3 Å². The van der Waals surface area contributed by atoms with Crippen LogP contribution in [0.4, 0.5) is 0 Å². The van der Waals surface area contributed by atoms with Crippen molar-refractivity contribution in [3.8, 4) is 0 Å². The lowest BCUT2D eigenvalue weighted by molar-refractivity contribution is 0.0702. The van der Waals surface area contributed by atoms with Gasteiger partial charge in [0, 0.05) is 16.3 Å². The summed E-state index contributed by atoms with van der Waals surface area (Å²) in [6.45, 7) is 7.96. The van der Waals surface area contributed by atoms with Crippen LogP contribution in [0.1, 0.15) is 65.9 Å². The molecule has 0 bridgehead atoms. The minimum atomic E-state index is -0.851. The molecule has 23 heavy (non-hydrogen) atoms. The Morgan fingerprint density at radius 2 is 2.26 bits per heavy atom. The van der Waals surface area contributed by atoms with Gasteiger partial charge in [0.15, 0.2) is 5.89 Å². The van der Waals surface area contributed by atoms with Gasteiger partial charge in [-0.3, -0.25) is 4.90 Å². The molecule has 5 nitrogen and oxygen atoms in total. The molecule has 6 heteroatoms. The van der Waals surface area contributed by atoms with Gasteiger partial charge in [-0.15, -0.1) is 11.3 Å². The highest BCUT2D eigenvalue weighted by Gasteiger charge is 2.29. The summed E-state index contributed by atoms with van der Waals surface area (Å²) in [4.78, 5) is 19.3. The average molecular weight is 334 g/mol. The second-order valence-corrected chi connectivity index (χ2v) is 8.13. The lowest BCUT2D eigenvalue weighted by Crippen LogP contribution is -2.21. The Balaban J connectivity index is 1.74. The predicted molar refractivity (Wildman–Crippen MR) is 88.9 cm³/mol. The van der Waals surface area contributed by atoms with Crippen LogP contribution in [-0.2, 0) is 12.0 Å². The van der Waals surface area contributed by atoms with Gasteiger partial charge in [0.25, 0.3) is 0 Å². The summed E-state index contributed by atoms with van der Waals surface area (Å²) in [7, 11) is 0. The first-order chi connectivity index (χ1) is 10.8. The number of aromatic carboxylic acids is 1. The fourth-order valence-corrected chi connectivity index (χ4v) is 3.93. The molecule has 1 atom stereocenters. The zero-order valence-corrected chi connectivity index (χ0v) is 14.5. The van der Waals surface area contributed by atoms with Crippen LogP contribution in [0.5, 0.6) is 0 Å². The number of nitrogens with zero attached hydrogens (tertiary/aromatic N) is 2. The average Bonchev–Trinajstić information content (AvgIpc) is 3.17. The Morgan fingerprint density at radius 1 is 1.48 bits per heavy atom. The fraction of sp³-hybridized carbons (Fsp3) is 0.529. The van der Waals surface area contributed by atoms with Gasteiger partial charge < -0.3 is 9.52 Å². The van der Waals surface area contributed by atoms with E-state index in [1.807, 2.05) is 12.3 Å². The molecule has 0 spiro atoms. The first-order valence-electron chi connectivity index (χ1n) is 7.87. The first kappa shape index (κ1) is 16.2. The summed E-state index contributed by atoms with van der Waals surface area (Å²) >= 11 is 1.37. The molecule has 0 saturated carbocycles. The van der Waals surface area contributed by atoms with Crippen molar-refractivity contribution >= 4 is 17.3 Å². The standard InChI is InChI=1S/C17H22N2O3S/c1-17(2,3)16-18-9-11(22-16)10-19-8-4-5-12(19)13-6-7-14(23-13)15(20)21/h6-7,9,12H,4-5,8,10H2,1-3H3,(H,20,21). The van der Waals surface area contributed by atoms with Crippen LogP contribution in [0.2, 0.25) is 0 Å². The molecule has 1 unspecified atom stereocenters. The van der Waals surface area contributed by atoms with Crippen LogP contribution in [-0.4, -0.2) is 27.5 Å². The number of aromatic nitrogens is 1. The topological polar surface area (TPSA) is 66.6 Å². The highest BCUT2D eigenvalue weighted by molar-refractivity contribution is 7.14. The van der Waals surface area contributed by atoms with Gasteiger partial charge in [0.2, 0.25) is 0 Å². The van der Waals surface area contributed by atoms with Gasteiger partial charge in [0.1, 0.15) is 10.6 Å². The van der Waals surface area contributed by atoms with Crippen LogP contribution in [0.25, 0.3) is 0 Å². The summed E-state index contributed by atoms with van der Waals surface area (Å²) in [5.41, 5.74) is -0.0905. The Bertz CT molecular complexity index is 699. The molecule has 2 aromatic rings. The fourth-order valence-electron chi connectivity index (χ4n) is 2.91. The number of likely N-dealkylation sites (tertiary alicyclic amines) is 1. The third kappa shape index (κ3) is 3.48. The molecule has 1 fully saturated rings. The predicted octanol–water partition coefficient (Wildman–Crippen LogP) is 4.07. The van der Waals surface area contributed by atoms with E-state index >= 15 is 0 Å². The molecule has 1 aliphatic rings. The molecule has 0 aromatic carbocycles. The maximum Gasteiger partial charge on any atom is 0.345 e. The van der Waals surface area contributed by atoms with Gasteiger partial charge in [-0.1, -0.05) is 20.8 Å². The minimum Gasteiger partial charge on any atom is -0.477 e. The van der Waals surface area contributed by atoms with E-state index in [0.29, 0.717) is 11.4 Å². The number of carboxylic acid groups (broad SMARTS) is 1. The van der Waals surface area contributed by atoms with E-state index in [4.69, 9.17) is 9.52 Å². The van der Waals surface area contributed by atoms with E-state index in [0.717, 1.165) is 35.9 Å². The molecule has 1 saturated heterocycles. The summed E-state index contributed by atoms with van der Waals surface area (Å²) in [5, 5.41) is 9.09. The van der Waals surface area contributed by atoms with Crippen molar-refractivity contribution in [3.05, 3.63) is 39.7 Å². The van der Waals surface area contributed by atoms with Gasteiger partial charge in [-0.25, -0.2) is 9.78 Å². The van der Waals surface area contributed by atoms with E-state index in [2.05, 4.69) is 30.7 Å². The molecule has 0 aliphatic carbocycles. The third-order valence-corrected chi connectivity index (χ3v) is 5.26. The van der Waals surface area contributed by atoms with Crippen molar-refractivity contribution in [2.75, 3.05) is 6.54 Å². The quantitative estimate of drug-likeness (QED) is 0.913. The summed E-state index contributed by atoms with van der Waals surface area (Å²) in [6.07, 6.45) is 3.98. The number of carboxylic acids is 1. The van der Waals surface area contributed by atoms with Crippen molar-refractivity contribution in [3.63, 3.8) is 0 Å². The van der Waals surface area contributed by atoms with Crippen molar-refractivity contribution < 1.29 is 14.3 Å². The second kappa shape index (κ2) is 6.09. The molecule has 1 aliphatic heterocycles. The van der Waals surface area contributed by atoms with Crippen LogP contribution >= 0.6 is 11.3 Å². The molecular formula is C17H22N2O3S. The van der Waals surface area contributed by atoms with Gasteiger partial charge in [0.05, 0.1) is 12.7 Å². The molecule has 0 radical (unpaired) electrons. The lowest BCUT2D eigenvalue weighted by atomic mass is 9.97. The Labute approximate surface area is 140 Å². The second-order valence-electron chi connectivity index (χ2n) is 7.02. The number of carbonyl (C=O) groups is 1. The minimum absolute atomic E-state index is 0.0905. The molecule has 3 rings (SSSR count). The summed E-state index contributed by atoms with van der Waals surface area (Å²) in [5.74, 6) is 0.778. The molecule has 1 N–H and O–H groups in total. The SMILES string of the molecule is CC(C)(C)c1ncc(CN2CCCC2c2ccc(C(=O)O)s2)o1. The van der Waals surface area contributed by atoms with Crippen LogP contribution in [0.15, 0.2) is 22.7 Å².